The van der Waals surface area contributed by atoms with Gasteiger partial charge in [-0.2, -0.15) is 0 Å². The summed E-state index contributed by atoms with van der Waals surface area (Å²) in [5, 5.41) is 0. The molecule has 2 atom stereocenters. The van der Waals surface area contributed by atoms with E-state index in [-0.39, 0.29) is 11.8 Å². The number of alkyl halides is 2. The molecule has 1 aliphatic heterocycles. The Morgan fingerprint density at radius 1 is 0.710 bits per heavy atom. The number of halogens is 2. The predicted octanol–water partition coefficient (Wildman–Crippen LogP) is 4.79. The van der Waals surface area contributed by atoms with Crippen molar-refractivity contribution in [3.05, 3.63) is 95.1 Å². The van der Waals surface area contributed by atoms with Gasteiger partial charge in [0.15, 0.2) is 0 Å². The highest BCUT2D eigenvalue weighted by Crippen LogP contribution is 2.69. The quantitative estimate of drug-likeness (QED) is 0.417. The summed E-state index contributed by atoms with van der Waals surface area (Å²) in [7, 11) is 1.51. The molecular formula is C25H17Cl2NO3. The lowest BCUT2D eigenvalue weighted by Crippen LogP contribution is -2.57. The van der Waals surface area contributed by atoms with Crippen LogP contribution in [0.25, 0.3) is 0 Å². The first-order valence-electron chi connectivity index (χ1n) is 10.0. The van der Waals surface area contributed by atoms with Crippen molar-refractivity contribution in [2.75, 3.05) is 12.0 Å². The van der Waals surface area contributed by atoms with E-state index in [1.165, 1.54) is 12.0 Å². The number of carbonyl (C=O) groups is 2. The third-order valence-corrected chi connectivity index (χ3v) is 8.20. The summed E-state index contributed by atoms with van der Waals surface area (Å²) in [6.45, 7) is 0. The van der Waals surface area contributed by atoms with Gasteiger partial charge in [0.2, 0.25) is 11.8 Å². The summed E-state index contributed by atoms with van der Waals surface area (Å²) in [4.78, 5) is 26.6. The molecule has 4 nitrogen and oxygen atoms in total. The Balaban J connectivity index is 1.66. The number of methoxy groups -OCH3 is 1. The maximum Gasteiger partial charge on any atom is 0.240 e. The predicted molar refractivity (Wildman–Crippen MR) is 119 cm³/mol. The molecular weight excluding hydrogens is 433 g/mol. The molecule has 0 saturated carbocycles. The van der Waals surface area contributed by atoms with Crippen LogP contribution in [0.15, 0.2) is 72.8 Å². The van der Waals surface area contributed by atoms with Gasteiger partial charge >= 0.3 is 0 Å². The number of amides is 2. The molecule has 0 N–H and O–H groups in total. The molecule has 4 aliphatic rings. The zero-order valence-electron chi connectivity index (χ0n) is 16.5. The van der Waals surface area contributed by atoms with Crippen LogP contribution < -0.4 is 9.64 Å². The Morgan fingerprint density at radius 3 is 1.52 bits per heavy atom. The van der Waals surface area contributed by atoms with Crippen molar-refractivity contribution in [1.29, 1.82) is 0 Å². The number of rotatable bonds is 2. The van der Waals surface area contributed by atoms with Crippen LogP contribution in [0.4, 0.5) is 5.69 Å². The lowest BCUT2D eigenvalue weighted by atomic mass is 9.54. The summed E-state index contributed by atoms with van der Waals surface area (Å²) < 4.78 is 5.44. The minimum atomic E-state index is -1.18. The normalized spacial score (nSPS) is 30.1. The number of ether oxygens (including phenoxy) is 1. The van der Waals surface area contributed by atoms with Crippen molar-refractivity contribution >= 4 is 40.7 Å². The first-order valence-corrected chi connectivity index (χ1v) is 10.8. The van der Waals surface area contributed by atoms with Gasteiger partial charge in [-0.25, -0.2) is 4.90 Å². The Labute approximate surface area is 189 Å². The van der Waals surface area contributed by atoms with Gasteiger partial charge in [0, 0.05) is 0 Å². The van der Waals surface area contributed by atoms with Crippen LogP contribution in [0.1, 0.15) is 22.3 Å². The molecule has 2 bridgehead atoms. The molecule has 0 aromatic heterocycles. The molecule has 0 radical (unpaired) electrons. The average molecular weight is 450 g/mol. The van der Waals surface area contributed by atoms with Crippen molar-refractivity contribution in [2.24, 2.45) is 11.8 Å². The van der Waals surface area contributed by atoms with E-state index < -0.39 is 21.6 Å². The highest BCUT2D eigenvalue weighted by molar-refractivity contribution is 6.38. The van der Waals surface area contributed by atoms with Crippen molar-refractivity contribution < 1.29 is 14.3 Å². The number of benzene rings is 3. The molecule has 154 valence electrons. The Morgan fingerprint density at radius 2 is 1.10 bits per heavy atom. The Hall–Kier alpha value is -2.82. The second kappa shape index (κ2) is 6.12. The van der Waals surface area contributed by atoms with E-state index in [9.17, 15) is 9.59 Å². The van der Waals surface area contributed by atoms with E-state index in [1.807, 2.05) is 48.5 Å². The van der Waals surface area contributed by atoms with Crippen LogP contribution in [0, 0.1) is 11.8 Å². The highest BCUT2D eigenvalue weighted by Gasteiger charge is 2.73. The van der Waals surface area contributed by atoms with Crippen molar-refractivity contribution in [1.82, 2.24) is 0 Å². The number of carbonyl (C=O) groups excluding carboxylic acids is 2. The fourth-order valence-electron chi connectivity index (χ4n) is 5.72. The number of para-hydroxylation sites is 2. The number of hydrogen-bond donors (Lipinski definition) is 0. The fourth-order valence-corrected chi connectivity index (χ4v) is 6.82. The molecule has 3 aromatic rings. The van der Waals surface area contributed by atoms with E-state index in [1.54, 1.807) is 24.3 Å². The van der Waals surface area contributed by atoms with Gasteiger partial charge in [0.25, 0.3) is 0 Å². The van der Waals surface area contributed by atoms with Crippen LogP contribution in [-0.4, -0.2) is 18.9 Å². The molecule has 7 rings (SSSR count). The van der Waals surface area contributed by atoms with E-state index in [0.29, 0.717) is 11.4 Å². The topological polar surface area (TPSA) is 46.6 Å². The first kappa shape index (κ1) is 18.9. The van der Waals surface area contributed by atoms with E-state index in [0.717, 1.165) is 22.3 Å². The minimum absolute atomic E-state index is 0.358. The number of imide groups is 1. The monoisotopic (exact) mass is 449 g/mol. The van der Waals surface area contributed by atoms with Crippen LogP contribution in [0.2, 0.25) is 0 Å². The molecule has 0 unspecified atom stereocenters. The standard InChI is InChI=1S/C25H17Cl2NO3/c1-31-19-13-7-6-12-18(19)28-22(29)20-21(23(28)30)25(27)15-9-3-2-8-14(15)24(20,26)16-10-4-5-11-17(16)25/h2-13,20-21H,1H3/t20-,21-,24?,25?/m1/s1. The van der Waals surface area contributed by atoms with E-state index in [2.05, 4.69) is 0 Å². The van der Waals surface area contributed by atoms with E-state index >= 15 is 0 Å². The molecule has 3 aromatic carbocycles. The van der Waals surface area contributed by atoms with Gasteiger partial charge in [0.1, 0.15) is 15.5 Å². The Bertz CT molecular complexity index is 1170. The zero-order chi connectivity index (χ0) is 21.5. The van der Waals surface area contributed by atoms with Gasteiger partial charge < -0.3 is 4.74 Å². The maximum absolute atomic E-state index is 13.9. The largest absolute Gasteiger partial charge is 0.495 e. The second-order valence-electron chi connectivity index (χ2n) is 8.15. The summed E-state index contributed by atoms with van der Waals surface area (Å²) in [6, 6.07) is 22.2. The van der Waals surface area contributed by atoms with Crippen molar-refractivity contribution in [3.8, 4) is 5.75 Å². The van der Waals surface area contributed by atoms with Crippen LogP contribution in [0.5, 0.6) is 5.75 Å². The van der Waals surface area contributed by atoms with Crippen LogP contribution in [0.3, 0.4) is 0 Å². The van der Waals surface area contributed by atoms with Gasteiger partial charge in [-0.05, 0) is 34.4 Å². The Kier molecular flexibility index (Phi) is 3.73. The molecule has 3 aliphatic carbocycles. The zero-order valence-corrected chi connectivity index (χ0v) is 18.0. The van der Waals surface area contributed by atoms with Gasteiger partial charge in [-0.3, -0.25) is 9.59 Å². The van der Waals surface area contributed by atoms with Gasteiger partial charge in [-0.1, -0.05) is 60.7 Å². The first-order chi connectivity index (χ1) is 15.0. The minimum Gasteiger partial charge on any atom is -0.495 e. The van der Waals surface area contributed by atoms with Crippen LogP contribution in [-0.2, 0) is 19.3 Å². The summed E-state index contributed by atoms with van der Waals surface area (Å²) in [6.07, 6.45) is 0. The molecule has 2 amide bonds. The molecule has 0 spiro atoms. The van der Waals surface area contributed by atoms with Crippen molar-refractivity contribution in [2.45, 2.75) is 9.75 Å². The third kappa shape index (κ3) is 2.03. The van der Waals surface area contributed by atoms with E-state index in [4.69, 9.17) is 27.9 Å². The van der Waals surface area contributed by atoms with Crippen LogP contribution >= 0.6 is 23.2 Å². The fraction of sp³-hybridized carbons (Fsp3) is 0.200. The number of anilines is 1. The highest BCUT2D eigenvalue weighted by atomic mass is 35.5. The van der Waals surface area contributed by atoms with Gasteiger partial charge in [-0.15, -0.1) is 23.2 Å². The lowest BCUT2D eigenvalue weighted by molar-refractivity contribution is -0.122. The molecule has 1 heterocycles. The number of nitrogens with zero attached hydrogens (tertiary/aromatic N) is 1. The second-order valence-corrected chi connectivity index (χ2v) is 9.35. The van der Waals surface area contributed by atoms with Gasteiger partial charge in [0.05, 0.1) is 24.6 Å². The summed E-state index contributed by atoms with van der Waals surface area (Å²) in [5.41, 5.74) is 3.55. The van der Waals surface area contributed by atoms with Crippen molar-refractivity contribution in [3.63, 3.8) is 0 Å². The summed E-state index contributed by atoms with van der Waals surface area (Å²) >= 11 is 14.8. The maximum atomic E-state index is 13.9. The SMILES string of the molecule is COc1ccccc1N1C(=O)[C@H]2[C@H](C1=O)C1(Cl)c3ccccc3C2(Cl)c2ccccc21. The average Bonchev–Trinajstić information content (AvgIpc) is 3.08. The number of hydrogen-bond acceptors (Lipinski definition) is 3. The lowest BCUT2D eigenvalue weighted by Gasteiger charge is -2.54. The summed E-state index contributed by atoms with van der Waals surface area (Å²) in [5.74, 6) is -1.92. The third-order valence-electron chi connectivity index (χ3n) is 6.91. The smallest absolute Gasteiger partial charge is 0.240 e. The molecule has 1 fully saturated rings. The molecule has 31 heavy (non-hydrogen) atoms. The molecule has 1 saturated heterocycles. The molecule has 6 heteroatoms.